The van der Waals surface area contributed by atoms with Crippen LogP contribution in [0.1, 0.15) is 51.4 Å². The van der Waals surface area contributed by atoms with Crippen LogP contribution in [0.4, 0.5) is 10.1 Å². The molecule has 29 heavy (non-hydrogen) atoms. The first kappa shape index (κ1) is 18.9. The number of hydrogen-bond acceptors (Lipinski definition) is 3. The molecule has 2 aromatic carbocycles. The Kier molecular flexibility index (Phi) is 5.12. The van der Waals surface area contributed by atoms with E-state index in [1.54, 1.807) is 0 Å². The first-order valence-corrected chi connectivity index (χ1v) is 9.61. The number of primary amides is 1. The second kappa shape index (κ2) is 7.87. The van der Waals surface area contributed by atoms with Gasteiger partial charge in [-0.05, 0) is 56.0 Å². The zero-order valence-corrected chi connectivity index (χ0v) is 15.8. The Balaban J connectivity index is 1.71. The molecule has 0 saturated heterocycles. The third kappa shape index (κ3) is 3.76. The van der Waals surface area contributed by atoms with Gasteiger partial charge in [-0.3, -0.25) is 9.59 Å². The fourth-order valence-corrected chi connectivity index (χ4v) is 3.72. The van der Waals surface area contributed by atoms with Crippen LogP contribution in [0.3, 0.4) is 0 Å². The van der Waals surface area contributed by atoms with Crippen LogP contribution in [0.2, 0.25) is 0 Å². The Morgan fingerprint density at radius 2 is 1.79 bits per heavy atom. The van der Waals surface area contributed by atoms with E-state index >= 15 is 0 Å². The summed E-state index contributed by atoms with van der Waals surface area (Å²) in [7, 11) is 0. The van der Waals surface area contributed by atoms with Crippen LogP contribution in [0, 0.1) is 5.82 Å². The second-order valence-corrected chi connectivity index (χ2v) is 7.09. The number of para-hydroxylation sites is 1. The number of anilines is 1. The van der Waals surface area contributed by atoms with Gasteiger partial charge >= 0.3 is 0 Å². The maximum Gasteiger partial charge on any atom is 0.276 e. The van der Waals surface area contributed by atoms with Gasteiger partial charge in [0.05, 0.1) is 11.3 Å². The number of carbonyl (C=O) groups is 2. The van der Waals surface area contributed by atoms with Crippen molar-refractivity contribution in [2.45, 2.75) is 32.1 Å². The largest absolute Gasteiger partial charge is 0.366 e. The second-order valence-electron chi connectivity index (χ2n) is 7.09. The van der Waals surface area contributed by atoms with Crippen molar-refractivity contribution in [2.75, 3.05) is 5.32 Å². The minimum atomic E-state index is -0.888. The van der Waals surface area contributed by atoms with Gasteiger partial charge in [0.15, 0.2) is 5.69 Å². The number of hydrogen-bond donors (Lipinski definition) is 2. The number of carbonyl (C=O) groups excluding carboxylic acids is 2. The molecule has 2 amide bonds. The third-order valence-electron chi connectivity index (χ3n) is 5.14. The number of halogens is 1. The number of nitrogens with two attached hydrogens (primary N) is 1. The lowest BCUT2D eigenvalue weighted by Crippen LogP contribution is -2.17. The number of nitrogens with zero attached hydrogens (tertiary/aromatic N) is 2. The van der Waals surface area contributed by atoms with Crippen LogP contribution in [-0.4, -0.2) is 21.6 Å². The first-order chi connectivity index (χ1) is 14.0. The van der Waals surface area contributed by atoms with E-state index in [9.17, 15) is 14.0 Å². The summed E-state index contributed by atoms with van der Waals surface area (Å²) >= 11 is 0. The predicted octanol–water partition coefficient (Wildman–Crippen LogP) is 3.63. The molecule has 4 rings (SSSR count). The molecule has 0 spiro atoms. The van der Waals surface area contributed by atoms with E-state index in [0.29, 0.717) is 11.4 Å². The first-order valence-electron chi connectivity index (χ1n) is 9.61. The fraction of sp³-hybridized carbons (Fsp3) is 0.227. The molecular formula is C22H21FN4O2. The number of benzene rings is 2. The average molecular weight is 392 g/mol. The van der Waals surface area contributed by atoms with Crippen LogP contribution in [-0.2, 0) is 12.8 Å². The standard InChI is InChI=1S/C22H21FN4O2/c23-18-12-11-14(13-17(18)21(24)28)25-22(29)20-16-9-5-2-6-10-19(16)27(26-20)15-7-3-1-4-8-15/h1,3-4,7-8,11-13H,2,5-6,9-10H2,(H2,24,28)(H,25,29). The van der Waals surface area contributed by atoms with Crippen molar-refractivity contribution in [1.29, 1.82) is 0 Å². The molecule has 1 aliphatic carbocycles. The van der Waals surface area contributed by atoms with Crippen LogP contribution >= 0.6 is 0 Å². The van der Waals surface area contributed by atoms with Crippen molar-refractivity contribution < 1.29 is 14.0 Å². The van der Waals surface area contributed by atoms with Gasteiger partial charge in [0.25, 0.3) is 11.8 Å². The summed E-state index contributed by atoms with van der Waals surface area (Å²) in [5, 5.41) is 7.34. The summed E-state index contributed by atoms with van der Waals surface area (Å²) in [5.74, 6) is -2.00. The van der Waals surface area contributed by atoms with E-state index in [1.807, 2.05) is 35.0 Å². The SMILES string of the molecule is NC(=O)c1cc(NC(=O)c2nn(-c3ccccc3)c3c2CCCCC3)ccc1F. The topological polar surface area (TPSA) is 90.0 Å². The summed E-state index contributed by atoms with van der Waals surface area (Å²) < 4.78 is 15.6. The lowest BCUT2D eigenvalue weighted by Gasteiger charge is -2.07. The van der Waals surface area contributed by atoms with Crippen molar-refractivity contribution in [1.82, 2.24) is 9.78 Å². The maximum absolute atomic E-state index is 13.7. The van der Waals surface area contributed by atoms with Gasteiger partial charge in [0.2, 0.25) is 0 Å². The Morgan fingerprint density at radius 1 is 1.03 bits per heavy atom. The molecule has 148 valence electrons. The Bertz CT molecular complexity index is 1080. The lowest BCUT2D eigenvalue weighted by molar-refractivity contribution is 0.0992. The molecule has 1 aromatic heterocycles. The van der Waals surface area contributed by atoms with E-state index < -0.39 is 11.7 Å². The molecular weight excluding hydrogens is 371 g/mol. The number of fused-ring (bicyclic) bond motifs is 1. The molecule has 0 fully saturated rings. The smallest absolute Gasteiger partial charge is 0.276 e. The van der Waals surface area contributed by atoms with Gasteiger partial charge in [-0.1, -0.05) is 24.6 Å². The van der Waals surface area contributed by atoms with Crippen LogP contribution in [0.15, 0.2) is 48.5 Å². The molecule has 0 aliphatic heterocycles. The molecule has 0 bridgehead atoms. The molecule has 1 aliphatic rings. The highest BCUT2D eigenvalue weighted by Gasteiger charge is 2.25. The van der Waals surface area contributed by atoms with Crippen molar-refractivity contribution in [3.05, 3.63) is 76.9 Å². The van der Waals surface area contributed by atoms with Gasteiger partial charge in [-0.25, -0.2) is 9.07 Å². The molecule has 7 heteroatoms. The highest BCUT2D eigenvalue weighted by Crippen LogP contribution is 2.27. The lowest BCUT2D eigenvalue weighted by atomic mass is 10.1. The summed E-state index contributed by atoms with van der Waals surface area (Å²) in [4.78, 5) is 24.4. The summed E-state index contributed by atoms with van der Waals surface area (Å²) in [5.41, 5.74) is 8.48. The van der Waals surface area contributed by atoms with Crippen molar-refractivity contribution >= 4 is 17.5 Å². The van der Waals surface area contributed by atoms with E-state index in [0.717, 1.165) is 55.1 Å². The number of rotatable bonds is 4. The van der Waals surface area contributed by atoms with E-state index in [-0.39, 0.29) is 11.5 Å². The van der Waals surface area contributed by atoms with Gasteiger partial charge in [-0.15, -0.1) is 0 Å². The fourth-order valence-electron chi connectivity index (χ4n) is 3.72. The Morgan fingerprint density at radius 3 is 2.55 bits per heavy atom. The quantitative estimate of drug-likeness (QED) is 0.665. The maximum atomic E-state index is 13.7. The zero-order valence-electron chi connectivity index (χ0n) is 15.8. The number of amides is 2. The third-order valence-corrected chi connectivity index (χ3v) is 5.14. The zero-order chi connectivity index (χ0) is 20.4. The van der Waals surface area contributed by atoms with Gasteiger partial charge in [0.1, 0.15) is 5.82 Å². The number of aromatic nitrogens is 2. The van der Waals surface area contributed by atoms with E-state index in [1.165, 1.54) is 12.1 Å². The van der Waals surface area contributed by atoms with Gasteiger partial charge in [-0.2, -0.15) is 5.10 Å². The molecule has 6 nitrogen and oxygen atoms in total. The summed E-state index contributed by atoms with van der Waals surface area (Å²) in [6, 6.07) is 13.5. The Labute approximate surface area is 167 Å². The molecule has 0 unspecified atom stereocenters. The van der Waals surface area contributed by atoms with E-state index in [4.69, 9.17) is 5.73 Å². The molecule has 3 N–H and O–H groups in total. The Hall–Kier alpha value is -3.48. The van der Waals surface area contributed by atoms with Crippen molar-refractivity contribution in [3.63, 3.8) is 0 Å². The molecule has 0 atom stereocenters. The normalized spacial score (nSPS) is 13.4. The molecule has 3 aromatic rings. The number of nitrogens with one attached hydrogen (secondary N) is 1. The predicted molar refractivity (Wildman–Crippen MR) is 108 cm³/mol. The summed E-state index contributed by atoms with van der Waals surface area (Å²) in [6.07, 6.45) is 4.78. The van der Waals surface area contributed by atoms with Crippen molar-refractivity contribution in [2.24, 2.45) is 5.73 Å². The highest BCUT2D eigenvalue weighted by molar-refractivity contribution is 6.05. The minimum absolute atomic E-state index is 0.267. The molecule has 0 radical (unpaired) electrons. The van der Waals surface area contributed by atoms with Crippen LogP contribution in [0.25, 0.3) is 5.69 Å². The van der Waals surface area contributed by atoms with Crippen molar-refractivity contribution in [3.8, 4) is 5.69 Å². The highest BCUT2D eigenvalue weighted by atomic mass is 19.1. The molecule has 0 saturated carbocycles. The monoisotopic (exact) mass is 392 g/mol. The average Bonchev–Trinajstić information content (AvgIpc) is 2.91. The van der Waals surface area contributed by atoms with Crippen LogP contribution in [0.5, 0.6) is 0 Å². The molecule has 1 heterocycles. The minimum Gasteiger partial charge on any atom is -0.366 e. The van der Waals surface area contributed by atoms with Gasteiger partial charge in [0, 0.05) is 16.9 Å². The van der Waals surface area contributed by atoms with E-state index in [2.05, 4.69) is 10.4 Å². The van der Waals surface area contributed by atoms with Gasteiger partial charge < -0.3 is 11.1 Å². The summed E-state index contributed by atoms with van der Waals surface area (Å²) in [6.45, 7) is 0. The van der Waals surface area contributed by atoms with Crippen LogP contribution < -0.4 is 11.1 Å².